The molecule has 108 valence electrons. The van der Waals surface area contributed by atoms with Crippen LogP contribution in [0, 0.1) is 0 Å². The summed E-state index contributed by atoms with van der Waals surface area (Å²) in [5, 5.41) is 18.8. The Morgan fingerprint density at radius 3 is 3.05 bits per heavy atom. The van der Waals surface area contributed by atoms with Gasteiger partial charge in [0.1, 0.15) is 6.61 Å². The molecule has 6 nitrogen and oxygen atoms in total. The largest absolute Gasteiger partial charge is 0.465 e. The molecule has 20 heavy (non-hydrogen) atoms. The first-order valence-corrected chi connectivity index (χ1v) is 6.73. The van der Waals surface area contributed by atoms with E-state index in [0.717, 1.165) is 24.0 Å². The second-order valence-electron chi connectivity index (χ2n) is 5.19. The van der Waals surface area contributed by atoms with Gasteiger partial charge in [0.05, 0.1) is 12.6 Å². The second-order valence-corrected chi connectivity index (χ2v) is 5.19. The van der Waals surface area contributed by atoms with Gasteiger partial charge in [0.15, 0.2) is 5.75 Å². The molecule has 0 saturated carbocycles. The molecule has 2 aliphatic rings. The Balaban J connectivity index is 1.89. The predicted molar refractivity (Wildman–Crippen MR) is 69.4 cm³/mol. The van der Waals surface area contributed by atoms with Gasteiger partial charge in [-0.05, 0) is 30.5 Å². The smallest absolute Gasteiger partial charge is 0.407 e. The van der Waals surface area contributed by atoms with Crippen LogP contribution in [0.15, 0.2) is 18.2 Å². The van der Waals surface area contributed by atoms with E-state index < -0.39 is 6.09 Å². The monoisotopic (exact) mass is 279 g/mol. The van der Waals surface area contributed by atoms with Gasteiger partial charge in [-0.3, -0.25) is 0 Å². The minimum absolute atomic E-state index is 0.00995. The molecule has 0 aromatic heterocycles. The number of carboxylic acid groups (broad SMARTS) is 1. The number of carbonyl (C=O) groups is 1. The Morgan fingerprint density at radius 2 is 2.30 bits per heavy atom. The zero-order chi connectivity index (χ0) is 14.1. The van der Waals surface area contributed by atoms with Crippen LogP contribution >= 0.6 is 0 Å². The minimum Gasteiger partial charge on any atom is -0.465 e. The molecule has 1 aromatic carbocycles. The summed E-state index contributed by atoms with van der Waals surface area (Å²) >= 11 is 0. The Labute approximate surface area is 116 Å². The van der Waals surface area contributed by atoms with Crippen LogP contribution in [-0.4, -0.2) is 40.4 Å². The van der Waals surface area contributed by atoms with Crippen molar-refractivity contribution in [2.45, 2.75) is 31.4 Å². The summed E-state index contributed by atoms with van der Waals surface area (Å²) in [5.74, 6) is 0.718. The number of amides is 1. The van der Waals surface area contributed by atoms with E-state index in [9.17, 15) is 15.0 Å². The van der Waals surface area contributed by atoms with Crippen LogP contribution in [0.2, 0.25) is 0 Å². The normalized spacial score (nSPS) is 25.1. The molecule has 0 radical (unpaired) electrons. The van der Waals surface area contributed by atoms with Crippen LogP contribution in [-0.2, 0) is 11.5 Å². The third-order valence-corrected chi connectivity index (χ3v) is 4.09. The molecule has 1 fully saturated rings. The van der Waals surface area contributed by atoms with E-state index in [1.165, 1.54) is 4.90 Å². The number of rotatable bonds is 2. The standard InChI is InChI=1S/C14H17NO5/c16-7-12-11(2-1-5-15(12)14(17)18)9-3-4-13-10(6-9)8-19-20-13/h3-4,6,11-12,16H,1-2,5,7-8H2,(H,17,18). The summed E-state index contributed by atoms with van der Waals surface area (Å²) in [5.41, 5.74) is 1.99. The molecule has 3 rings (SSSR count). The summed E-state index contributed by atoms with van der Waals surface area (Å²) in [7, 11) is 0. The van der Waals surface area contributed by atoms with Crippen molar-refractivity contribution >= 4 is 6.09 Å². The first-order chi connectivity index (χ1) is 9.70. The van der Waals surface area contributed by atoms with Crippen LogP contribution in [0.5, 0.6) is 5.75 Å². The molecular weight excluding hydrogens is 262 g/mol. The van der Waals surface area contributed by atoms with Crippen molar-refractivity contribution in [3.8, 4) is 5.75 Å². The van der Waals surface area contributed by atoms with Crippen LogP contribution in [0.25, 0.3) is 0 Å². The maximum atomic E-state index is 11.3. The number of aliphatic hydroxyl groups excluding tert-OH is 1. The predicted octanol–water partition coefficient (Wildman–Crippen LogP) is 1.73. The highest BCUT2D eigenvalue weighted by molar-refractivity contribution is 5.66. The van der Waals surface area contributed by atoms with Crippen molar-refractivity contribution < 1.29 is 24.8 Å². The third kappa shape index (κ3) is 2.21. The summed E-state index contributed by atoms with van der Waals surface area (Å²) in [4.78, 5) is 22.5. The Bertz CT molecular complexity index is 518. The summed E-state index contributed by atoms with van der Waals surface area (Å²) in [6.07, 6.45) is 0.703. The lowest BCUT2D eigenvalue weighted by molar-refractivity contribution is -0.194. The maximum Gasteiger partial charge on any atom is 0.407 e. The van der Waals surface area contributed by atoms with Gasteiger partial charge in [-0.25, -0.2) is 4.79 Å². The Morgan fingerprint density at radius 1 is 1.45 bits per heavy atom. The Kier molecular flexibility index (Phi) is 3.50. The lowest BCUT2D eigenvalue weighted by Crippen LogP contribution is -2.48. The number of benzene rings is 1. The molecule has 1 saturated heterocycles. The van der Waals surface area contributed by atoms with E-state index in [1.807, 2.05) is 18.2 Å². The average molecular weight is 279 g/mol. The van der Waals surface area contributed by atoms with Crippen molar-refractivity contribution in [3.63, 3.8) is 0 Å². The molecule has 2 unspecified atom stereocenters. The van der Waals surface area contributed by atoms with E-state index in [4.69, 9.17) is 9.78 Å². The molecule has 2 N–H and O–H groups in total. The number of aliphatic hydroxyl groups is 1. The number of likely N-dealkylation sites (tertiary alicyclic amines) is 1. The van der Waals surface area contributed by atoms with Crippen molar-refractivity contribution in [1.29, 1.82) is 0 Å². The number of hydrogen-bond donors (Lipinski definition) is 2. The van der Waals surface area contributed by atoms with Gasteiger partial charge in [-0.2, -0.15) is 4.89 Å². The van der Waals surface area contributed by atoms with Gasteiger partial charge >= 0.3 is 6.09 Å². The number of fused-ring (bicyclic) bond motifs is 1. The molecule has 0 aliphatic carbocycles. The zero-order valence-electron chi connectivity index (χ0n) is 11.0. The molecule has 2 heterocycles. The fourth-order valence-corrected chi connectivity index (χ4v) is 3.09. The molecule has 0 spiro atoms. The first kappa shape index (κ1) is 13.2. The molecule has 1 aromatic rings. The maximum absolute atomic E-state index is 11.3. The fourth-order valence-electron chi connectivity index (χ4n) is 3.09. The highest BCUT2D eigenvalue weighted by Gasteiger charge is 2.35. The molecule has 2 aliphatic heterocycles. The molecule has 1 amide bonds. The van der Waals surface area contributed by atoms with Gasteiger partial charge in [-0.1, -0.05) is 6.07 Å². The van der Waals surface area contributed by atoms with Gasteiger partial charge in [0.25, 0.3) is 0 Å². The number of piperidine rings is 1. The van der Waals surface area contributed by atoms with Crippen molar-refractivity contribution in [2.24, 2.45) is 0 Å². The van der Waals surface area contributed by atoms with Gasteiger partial charge in [0, 0.05) is 18.0 Å². The van der Waals surface area contributed by atoms with Crippen LogP contribution < -0.4 is 4.89 Å². The van der Waals surface area contributed by atoms with Crippen LogP contribution in [0.3, 0.4) is 0 Å². The first-order valence-electron chi connectivity index (χ1n) is 6.73. The fraction of sp³-hybridized carbons (Fsp3) is 0.500. The van der Waals surface area contributed by atoms with Crippen LogP contribution in [0.1, 0.15) is 29.9 Å². The van der Waals surface area contributed by atoms with Crippen molar-refractivity contribution in [3.05, 3.63) is 29.3 Å². The molecule has 0 bridgehead atoms. The highest BCUT2D eigenvalue weighted by Crippen LogP contribution is 2.36. The zero-order valence-corrected chi connectivity index (χ0v) is 11.0. The number of nitrogens with zero attached hydrogens (tertiary/aromatic N) is 1. The SMILES string of the molecule is O=C(O)N1CCCC(c2ccc3c(c2)COO3)C1CO. The van der Waals surface area contributed by atoms with E-state index in [0.29, 0.717) is 18.9 Å². The van der Waals surface area contributed by atoms with Gasteiger partial charge < -0.3 is 20.0 Å². The molecule has 2 atom stereocenters. The minimum atomic E-state index is -0.971. The van der Waals surface area contributed by atoms with Crippen LogP contribution in [0.4, 0.5) is 4.79 Å². The van der Waals surface area contributed by atoms with E-state index in [2.05, 4.69) is 0 Å². The highest BCUT2D eigenvalue weighted by atomic mass is 17.2. The average Bonchev–Trinajstić information content (AvgIpc) is 2.93. The topological polar surface area (TPSA) is 79.2 Å². The van der Waals surface area contributed by atoms with E-state index >= 15 is 0 Å². The summed E-state index contributed by atoms with van der Waals surface area (Å²) in [6.45, 7) is 0.720. The van der Waals surface area contributed by atoms with E-state index in [-0.39, 0.29) is 18.6 Å². The van der Waals surface area contributed by atoms with E-state index in [1.54, 1.807) is 0 Å². The van der Waals surface area contributed by atoms with Gasteiger partial charge in [-0.15, -0.1) is 0 Å². The lowest BCUT2D eigenvalue weighted by atomic mass is 9.83. The lowest BCUT2D eigenvalue weighted by Gasteiger charge is -2.39. The van der Waals surface area contributed by atoms with Crippen molar-refractivity contribution in [2.75, 3.05) is 13.2 Å². The quantitative estimate of drug-likeness (QED) is 0.806. The van der Waals surface area contributed by atoms with Gasteiger partial charge in [0.2, 0.25) is 0 Å². The summed E-state index contributed by atoms with van der Waals surface area (Å²) in [6, 6.07) is 5.36. The Hall–Kier alpha value is -1.79. The van der Waals surface area contributed by atoms with Crippen molar-refractivity contribution in [1.82, 2.24) is 4.90 Å². The third-order valence-electron chi connectivity index (χ3n) is 4.09. The second kappa shape index (κ2) is 5.30. The molecular formula is C14H17NO5. The molecule has 6 heteroatoms. The summed E-state index contributed by atoms with van der Waals surface area (Å²) < 4.78 is 0. The number of hydrogen-bond acceptors (Lipinski definition) is 4.